The number of rotatable bonds is 2. The Morgan fingerprint density at radius 1 is 1.22 bits per heavy atom. The molecule has 0 fully saturated rings. The number of aryl methyl sites for hydroxylation is 2. The van der Waals surface area contributed by atoms with E-state index in [1.807, 2.05) is 6.07 Å². The molecule has 1 aromatic heterocycles. The highest BCUT2D eigenvalue weighted by Crippen LogP contribution is 2.35. The van der Waals surface area contributed by atoms with Gasteiger partial charge in [-0.3, -0.25) is 4.79 Å². The van der Waals surface area contributed by atoms with Gasteiger partial charge in [0, 0.05) is 17.7 Å². The van der Waals surface area contributed by atoms with E-state index in [-0.39, 0.29) is 11.5 Å². The fourth-order valence-corrected chi connectivity index (χ4v) is 3.19. The first kappa shape index (κ1) is 13.8. The number of carbonyl (C=O) groups is 2. The normalized spacial score (nSPS) is 17.7. The number of carboxylic acid groups (broad SMARTS) is 1. The molecule has 2 heterocycles. The zero-order valence-corrected chi connectivity index (χ0v) is 12.4. The second-order valence-corrected chi connectivity index (χ2v) is 5.88. The molecule has 2 aliphatic rings. The van der Waals surface area contributed by atoms with E-state index in [0.29, 0.717) is 22.6 Å². The molecule has 0 spiro atoms. The molecule has 1 amide bonds. The number of nitrogens with one attached hydrogen (secondary N) is 1. The predicted octanol–water partition coefficient (Wildman–Crippen LogP) is 3.35. The minimum absolute atomic E-state index is 0.157. The summed E-state index contributed by atoms with van der Waals surface area (Å²) in [5, 5.41) is 11.9. The Labute approximate surface area is 132 Å². The van der Waals surface area contributed by atoms with Gasteiger partial charge >= 0.3 is 5.97 Å². The molecule has 0 saturated carbocycles. The summed E-state index contributed by atoms with van der Waals surface area (Å²) in [5.74, 6) is 0.397. The first-order valence-electron chi connectivity index (χ1n) is 7.64. The second kappa shape index (κ2) is 5.12. The molecule has 0 saturated heterocycles. The summed E-state index contributed by atoms with van der Waals surface area (Å²) in [7, 11) is 0. The molecule has 0 unspecified atom stereocenters. The fraction of sp³-hybridized carbons (Fsp3) is 0.222. The van der Waals surface area contributed by atoms with Gasteiger partial charge in [-0.1, -0.05) is 0 Å². The highest BCUT2D eigenvalue weighted by atomic mass is 16.4. The molecule has 0 atom stereocenters. The van der Waals surface area contributed by atoms with Crippen LogP contribution < -0.4 is 5.32 Å². The number of hydrogen-bond donors (Lipinski definition) is 2. The molecular formula is C18H15NO4. The molecule has 4 rings (SSSR count). The lowest BCUT2D eigenvalue weighted by Crippen LogP contribution is -2.03. The molecule has 0 bridgehead atoms. The Hall–Kier alpha value is -2.82. The third-order valence-corrected chi connectivity index (χ3v) is 4.35. The van der Waals surface area contributed by atoms with Crippen LogP contribution in [0.4, 0.5) is 5.69 Å². The molecule has 1 aromatic carbocycles. The van der Waals surface area contributed by atoms with Gasteiger partial charge in [-0.15, -0.1) is 0 Å². The first-order valence-corrected chi connectivity index (χ1v) is 7.64. The molecule has 1 aliphatic carbocycles. The zero-order chi connectivity index (χ0) is 16.0. The summed E-state index contributed by atoms with van der Waals surface area (Å²) in [5.41, 5.74) is 3.03. The predicted molar refractivity (Wildman–Crippen MR) is 85.3 cm³/mol. The number of aromatic carboxylic acids is 1. The van der Waals surface area contributed by atoms with Crippen molar-refractivity contribution in [2.24, 2.45) is 0 Å². The fourth-order valence-electron chi connectivity index (χ4n) is 3.19. The molecule has 5 nitrogen and oxygen atoms in total. The third-order valence-electron chi connectivity index (χ3n) is 4.35. The Bertz CT molecular complexity index is 836. The van der Waals surface area contributed by atoms with E-state index in [0.717, 1.165) is 31.4 Å². The number of carbonyl (C=O) groups excluding carboxylic acids is 1. The van der Waals surface area contributed by atoms with E-state index in [4.69, 9.17) is 9.52 Å². The van der Waals surface area contributed by atoms with Gasteiger partial charge in [0.2, 0.25) is 0 Å². The maximum absolute atomic E-state index is 12.2. The molecule has 2 N–H and O–H groups in total. The smallest absolute Gasteiger partial charge is 0.335 e. The molecular weight excluding hydrogens is 294 g/mol. The number of fused-ring (bicyclic) bond motifs is 2. The van der Waals surface area contributed by atoms with Crippen molar-refractivity contribution in [1.82, 2.24) is 0 Å². The molecule has 5 heteroatoms. The van der Waals surface area contributed by atoms with Crippen LogP contribution in [-0.2, 0) is 17.6 Å². The van der Waals surface area contributed by atoms with Gasteiger partial charge in [0.1, 0.15) is 11.5 Å². The SMILES string of the molecule is O=C1Nc2ccc(C(=O)O)cc2C1=Cc1cc2c(o1)CCCC2. The van der Waals surface area contributed by atoms with Crippen LogP contribution in [0.2, 0.25) is 0 Å². The van der Waals surface area contributed by atoms with Gasteiger partial charge in [0.05, 0.1) is 11.1 Å². The highest BCUT2D eigenvalue weighted by molar-refractivity contribution is 6.35. The van der Waals surface area contributed by atoms with E-state index in [9.17, 15) is 9.59 Å². The lowest BCUT2D eigenvalue weighted by molar-refractivity contribution is -0.110. The number of carboxylic acids is 1. The van der Waals surface area contributed by atoms with E-state index in [2.05, 4.69) is 5.32 Å². The Morgan fingerprint density at radius 3 is 2.83 bits per heavy atom. The summed E-state index contributed by atoms with van der Waals surface area (Å²) in [4.78, 5) is 23.3. The monoisotopic (exact) mass is 309 g/mol. The van der Waals surface area contributed by atoms with Gasteiger partial charge < -0.3 is 14.8 Å². The van der Waals surface area contributed by atoms with Gasteiger partial charge in [-0.05, 0) is 55.2 Å². The Kier molecular flexibility index (Phi) is 3.08. The van der Waals surface area contributed by atoms with E-state index in [1.165, 1.54) is 17.7 Å². The van der Waals surface area contributed by atoms with Crippen molar-refractivity contribution in [2.45, 2.75) is 25.7 Å². The molecule has 23 heavy (non-hydrogen) atoms. The van der Waals surface area contributed by atoms with Crippen molar-refractivity contribution in [1.29, 1.82) is 0 Å². The maximum Gasteiger partial charge on any atom is 0.335 e. The van der Waals surface area contributed by atoms with Gasteiger partial charge in [0.25, 0.3) is 5.91 Å². The van der Waals surface area contributed by atoms with Crippen LogP contribution in [0, 0.1) is 0 Å². The average molecular weight is 309 g/mol. The van der Waals surface area contributed by atoms with Crippen LogP contribution in [0.5, 0.6) is 0 Å². The van der Waals surface area contributed by atoms with Gasteiger partial charge in [-0.2, -0.15) is 0 Å². The van der Waals surface area contributed by atoms with Crippen molar-refractivity contribution < 1.29 is 19.1 Å². The van der Waals surface area contributed by atoms with Crippen molar-refractivity contribution in [3.8, 4) is 0 Å². The molecule has 0 radical (unpaired) electrons. The number of hydrogen-bond acceptors (Lipinski definition) is 3. The number of benzene rings is 1. The largest absolute Gasteiger partial charge is 0.478 e. The van der Waals surface area contributed by atoms with E-state index < -0.39 is 5.97 Å². The Balaban J connectivity index is 1.77. The summed E-state index contributed by atoms with van der Waals surface area (Å²) < 4.78 is 5.84. The first-order chi connectivity index (χ1) is 11.1. The van der Waals surface area contributed by atoms with Crippen molar-refractivity contribution in [3.05, 3.63) is 52.5 Å². The number of amides is 1. The lowest BCUT2D eigenvalue weighted by atomic mass is 9.98. The van der Waals surface area contributed by atoms with Gasteiger partial charge in [0.15, 0.2) is 0 Å². The van der Waals surface area contributed by atoms with Crippen molar-refractivity contribution in [2.75, 3.05) is 5.32 Å². The summed E-state index contributed by atoms with van der Waals surface area (Å²) in [6.07, 6.45) is 5.93. The summed E-state index contributed by atoms with van der Waals surface area (Å²) >= 11 is 0. The van der Waals surface area contributed by atoms with E-state index >= 15 is 0 Å². The van der Waals surface area contributed by atoms with Crippen LogP contribution in [0.25, 0.3) is 11.6 Å². The average Bonchev–Trinajstić information content (AvgIpc) is 3.08. The quantitative estimate of drug-likeness (QED) is 0.834. The third kappa shape index (κ3) is 2.34. The van der Waals surface area contributed by atoms with Crippen LogP contribution in [0.15, 0.2) is 28.7 Å². The number of furan rings is 1. The van der Waals surface area contributed by atoms with E-state index in [1.54, 1.807) is 12.1 Å². The van der Waals surface area contributed by atoms with Crippen LogP contribution >= 0.6 is 0 Å². The Morgan fingerprint density at radius 2 is 2.04 bits per heavy atom. The molecule has 1 aliphatic heterocycles. The van der Waals surface area contributed by atoms with Crippen LogP contribution in [-0.4, -0.2) is 17.0 Å². The van der Waals surface area contributed by atoms with Gasteiger partial charge in [-0.25, -0.2) is 4.79 Å². The second-order valence-electron chi connectivity index (χ2n) is 5.88. The summed E-state index contributed by atoms with van der Waals surface area (Å²) in [6, 6.07) is 6.60. The molecule has 116 valence electrons. The lowest BCUT2D eigenvalue weighted by Gasteiger charge is -2.07. The van der Waals surface area contributed by atoms with Crippen LogP contribution in [0.3, 0.4) is 0 Å². The standard InChI is InChI=1S/C18H15NO4/c20-17-14(9-12-7-10-3-1-2-4-16(10)23-12)13-8-11(18(21)22)5-6-15(13)19-17/h5-9H,1-4H2,(H,19,20)(H,21,22). The van der Waals surface area contributed by atoms with Crippen molar-refractivity contribution >= 4 is 29.2 Å². The van der Waals surface area contributed by atoms with Crippen LogP contribution in [0.1, 0.15) is 45.8 Å². The maximum atomic E-state index is 12.2. The van der Waals surface area contributed by atoms with Crippen molar-refractivity contribution in [3.63, 3.8) is 0 Å². The highest BCUT2D eigenvalue weighted by Gasteiger charge is 2.26. The number of anilines is 1. The molecule has 2 aromatic rings. The minimum atomic E-state index is -1.01. The minimum Gasteiger partial charge on any atom is -0.478 e. The summed E-state index contributed by atoms with van der Waals surface area (Å²) in [6.45, 7) is 0. The zero-order valence-electron chi connectivity index (χ0n) is 12.4. The topological polar surface area (TPSA) is 79.5 Å².